The van der Waals surface area contributed by atoms with E-state index in [-0.39, 0.29) is 18.2 Å². The van der Waals surface area contributed by atoms with Gasteiger partial charge in [0, 0.05) is 15.6 Å². The van der Waals surface area contributed by atoms with Crippen LogP contribution in [0.15, 0.2) is 72.3 Å². The number of nitriles is 1. The van der Waals surface area contributed by atoms with E-state index >= 15 is 0 Å². The predicted octanol–water partition coefficient (Wildman–Crippen LogP) is 6.37. The van der Waals surface area contributed by atoms with Crippen LogP contribution in [0.1, 0.15) is 29.7 Å². The van der Waals surface area contributed by atoms with Gasteiger partial charge in [0.15, 0.2) is 11.5 Å². The van der Waals surface area contributed by atoms with Gasteiger partial charge < -0.3 is 14.8 Å². The maximum atomic E-state index is 12.6. The number of methoxy groups -OCH3 is 1. The first kappa shape index (κ1) is 24.2. The Kier molecular flexibility index (Phi) is 8.37. The quantitative estimate of drug-likeness (QED) is 0.300. The number of carbonyl (C=O) groups is 1. The van der Waals surface area contributed by atoms with Crippen LogP contribution in [0.25, 0.3) is 6.08 Å². The molecule has 0 spiro atoms. The van der Waals surface area contributed by atoms with Crippen LogP contribution >= 0.6 is 23.2 Å². The van der Waals surface area contributed by atoms with Crippen molar-refractivity contribution in [2.45, 2.75) is 19.6 Å². The van der Waals surface area contributed by atoms with Gasteiger partial charge in [0.25, 0.3) is 5.91 Å². The van der Waals surface area contributed by atoms with Gasteiger partial charge in [0.1, 0.15) is 18.2 Å². The molecule has 0 radical (unpaired) electrons. The summed E-state index contributed by atoms with van der Waals surface area (Å²) < 4.78 is 11.3. The Morgan fingerprint density at radius 1 is 1.09 bits per heavy atom. The van der Waals surface area contributed by atoms with Crippen LogP contribution in [-0.4, -0.2) is 13.0 Å². The molecule has 33 heavy (non-hydrogen) atoms. The Hall–Kier alpha value is -3.46. The van der Waals surface area contributed by atoms with E-state index in [9.17, 15) is 10.1 Å². The monoisotopic (exact) mass is 480 g/mol. The molecule has 5 nitrogen and oxygen atoms in total. The highest BCUT2D eigenvalue weighted by molar-refractivity contribution is 6.35. The molecule has 7 heteroatoms. The van der Waals surface area contributed by atoms with E-state index in [2.05, 4.69) is 5.32 Å². The average Bonchev–Trinajstić information content (AvgIpc) is 2.82. The van der Waals surface area contributed by atoms with Gasteiger partial charge in [-0.2, -0.15) is 5.26 Å². The Labute approximate surface area is 203 Å². The van der Waals surface area contributed by atoms with Gasteiger partial charge in [-0.15, -0.1) is 0 Å². The average molecular weight is 481 g/mol. The molecule has 0 heterocycles. The molecular formula is C26H22Cl2N2O3. The number of benzene rings is 3. The SMILES string of the molecule is COc1cc(/C=C(\C#N)C(=O)NC(C)c2ccccc2)ccc1OCc1ccc(Cl)cc1Cl. The third-order valence-corrected chi connectivity index (χ3v) is 5.50. The largest absolute Gasteiger partial charge is 0.493 e. The van der Waals surface area contributed by atoms with Gasteiger partial charge in [0.2, 0.25) is 0 Å². The number of carbonyl (C=O) groups excluding carboxylic acids is 1. The van der Waals surface area contributed by atoms with E-state index in [0.717, 1.165) is 11.1 Å². The van der Waals surface area contributed by atoms with Crippen molar-refractivity contribution >= 4 is 35.2 Å². The molecule has 0 bridgehead atoms. The zero-order valence-corrected chi connectivity index (χ0v) is 19.7. The Balaban J connectivity index is 1.73. The van der Waals surface area contributed by atoms with Crippen LogP contribution in [0.3, 0.4) is 0 Å². The molecule has 1 amide bonds. The fraction of sp³-hybridized carbons (Fsp3) is 0.154. The normalized spacial score (nSPS) is 11.9. The van der Waals surface area contributed by atoms with Crippen molar-refractivity contribution in [2.75, 3.05) is 7.11 Å². The number of rotatable bonds is 8. The third-order valence-electron chi connectivity index (χ3n) is 4.91. The maximum absolute atomic E-state index is 12.6. The van der Waals surface area contributed by atoms with Gasteiger partial charge in [-0.1, -0.05) is 65.7 Å². The van der Waals surface area contributed by atoms with Crippen molar-refractivity contribution in [3.63, 3.8) is 0 Å². The topological polar surface area (TPSA) is 71.3 Å². The Morgan fingerprint density at radius 2 is 1.85 bits per heavy atom. The van der Waals surface area contributed by atoms with Crippen molar-refractivity contribution in [1.29, 1.82) is 5.26 Å². The lowest BCUT2D eigenvalue weighted by Gasteiger charge is -2.14. The second kappa shape index (κ2) is 11.4. The molecule has 1 atom stereocenters. The highest BCUT2D eigenvalue weighted by atomic mass is 35.5. The molecule has 1 N–H and O–H groups in total. The van der Waals surface area contributed by atoms with Crippen LogP contribution in [0.4, 0.5) is 0 Å². The smallest absolute Gasteiger partial charge is 0.262 e. The third kappa shape index (κ3) is 6.52. The minimum Gasteiger partial charge on any atom is -0.493 e. The zero-order valence-electron chi connectivity index (χ0n) is 18.1. The molecule has 3 rings (SSSR count). The van der Waals surface area contributed by atoms with Crippen LogP contribution < -0.4 is 14.8 Å². The highest BCUT2D eigenvalue weighted by Gasteiger charge is 2.14. The summed E-state index contributed by atoms with van der Waals surface area (Å²) in [5, 5.41) is 13.4. The molecule has 0 saturated heterocycles. The predicted molar refractivity (Wildman–Crippen MR) is 130 cm³/mol. The number of halogens is 2. The number of hydrogen-bond donors (Lipinski definition) is 1. The molecule has 0 saturated carbocycles. The van der Waals surface area contributed by atoms with Crippen molar-refractivity contribution in [1.82, 2.24) is 5.32 Å². The number of nitrogens with one attached hydrogen (secondary N) is 1. The fourth-order valence-electron chi connectivity index (χ4n) is 3.10. The van der Waals surface area contributed by atoms with Gasteiger partial charge in [0.05, 0.1) is 13.2 Å². The van der Waals surface area contributed by atoms with Gasteiger partial charge >= 0.3 is 0 Å². The summed E-state index contributed by atoms with van der Waals surface area (Å²) in [6.45, 7) is 2.09. The van der Waals surface area contributed by atoms with E-state index in [4.69, 9.17) is 32.7 Å². The van der Waals surface area contributed by atoms with Crippen LogP contribution in [0, 0.1) is 11.3 Å². The first-order valence-corrected chi connectivity index (χ1v) is 10.9. The van der Waals surface area contributed by atoms with E-state index in [0.29, 0.717) is 27.1 Å². The Morgan fingerprint density at radius 3 is 2.52 bits per heavy atom. The van der Waals surface area contributed by atoms with Gasteiger partial charge in [-0.05, 0) is 48.4 Å². The van der Waals surface area contributed by atoms with E-state index < -0.39 is 5.91 Å². The van der Waals surface area contributed by atoms with Crippen molar-refractivity contribution in [2.24, 2.45) is 0 Å². The molecule has 0 aliphatic carbocycles. The zero-order chi connectivity index (χ0) is 23.8. The summed E-state index contributed by atoms with van der Waals surface area (Å²) in [7, 11) is 1.52. The molecule has 3 aromatic carbocycles. The summed E-state index contributed by atoms with van der Waals surface area (Å²) in [4.78, 5) is 12.6. The van der Waals surface area contributed by atoms with Crippen LogP contribution in [0.5, 0.6) is 11.5 Å². The fourth-order valence-corrected chi connectivity index (χ4v) is 3.57. The van der Waals surface area contributed by atoms with E-state index in [1.807, 2.05) is 43.3 Å². The number of nitrogens with zero attached hydrogens (tertiary/aromatic N) is 1. The van der Waals surface area contributed by atoms with Crippen LogP contribution in [-0.2, 0) is 11.4 Å². The lowest BCUT2D eigenvalue weighted by Crippen LogP contribution is -2.27. The van der Waals surface area contributed by atoms with E-state index in [1.165, 1.54) is 13.2 Å². The number of ether oxygens (including phenoxy) is 2. The number of hydrogen-bond acceptors (Lipinski definition) is 4. The molecular weight excluding hydrogens is 459 g/mol. The first-order chi connectivity index (χ1) is 15.9. The lowest BCUT2D eigenvalue weighted by molar-refractivity contribution is -0.117. The minimum atomic E-state index is -0.453. The first-order valence-electron chi connectivity index (χ1n) is 10.1. The van der Waals surface area contributed by atoms with E-state index in [1.54, 1.807) is 36.4 Å². The van der Waals surface area contributed by atoms with Crippen molar-refractivity contribution < 1.29 is 14.3 Å². The van der Waals surface area contributed by atoms with Gasteiger partial charge in [-0.25, -0.2) is 0 Å². The van der Waals surface area contributed by atoms with Crippen molar-refractivity contribution in [3.8, 4) is 17.6 Å². The molecule has 0 aliphatic rings. The van der Waals surface area contributed by atoms with Crippen molar-refractivity contribution in [3.05, 3.63) is 99.0 Å². The van der Waals surface area contributed by atoms with Gasteiger partial charge in [-0.3, -0.25) is 4.79 Å². The summed E-state index contributed by atoms with van der Waals surface area (Å²) in [5.41, 5.74) is 2.35. The molecule has 168 valence electrons. The van der Waals surface area contributed by atoms with Crippen LogP contribution in [0.2, 0.25) is 10.0 Å². The summed E-state index contributed by atoms with van der Waals surface area (Å²) in [6.07, 6.45) is 1.51. The second-order valence-electron chi connectivity index (χ2n) is 7.21. The standard InChI is InChI=1S/C26H22Cl2N2O3/c1-17(19-6-4-3-5-7-19)30-26(31)21(15-29)12-18-8-11-24(25(13-18)32-2)33-16-20-9-10-22(27)14-23(20)28/h3-14,17H,16H2,1-2H3,(H,30,31)/b21-12+. The number of amides is 1. The molecule has 0 aliphatic heterocycles. The summed E-state index contributed by atoms with van der Waals surface area (Å²) in [5.74, 6) is 0.510. The highest BCUT2D eigenvalue weighted by Crippen LogP contribution is 2.31. The molecule has 0 aromatic heterocycles. The second-order valence-corrected chi connectivity index (χ2v) is 8.05. The molecule has 0 fully saturated rings. The maximum Gasteiger partial charge on any atom is 0.262 e. The summed E-state index contributed by atoms with van der Waals surface area (Å²) in [6, 6.07) is 21.6. The molecule has 1 unspecified atom stereocenters. The lowest BCUT2D eigenvalue weighted by atomic mass is 10.1. The summed E-state index contributed by atoms with van der Waals surface area (Å²) >= 11 is 12.1. The minimum absolute atomic E-state index is 0.0125. The Bertz CT molecular complexity index is 1200. The molecule has 3 aromatic rings.